The molecule has 0 aliphatic carbocycles. The van der Waals surface area contributed by atoms with Crippen molar-refractivity contribution in [2.45, 2.75) is 6.92 Å². The minimum atomic E-state index is -0.575. The number of hydrogen-bond donors (Lipinski definition) is 1. The summed E-state index contributed by atoms with van der Waals surface area (Å²) in [5.74, 6) is 0.110. The van der Waals surface area contributed by atoms with Crippen molar-refractivity contribution in [1.82, 2.24) is 0 Å². The van der Waals surface area contributed by atoms with Crippen molar-refractivity contribution >= 4 is 13.8 Å². The first-order valence-electron chi connectivity index (χ1n) is 2.92. The van der Waals surface area contributed by atoms with Crippen LogP contribution < -0.4 is 5.30 Å². The molecule has 2 nitrogen and oxygen atoms in total. The van der Waals surface area contributed by atoms with Crippen molar-refractivity contribution in [3.05, 3.63) is 23.8 Å². The predicted molar refractivity (Wildman–Crippen MR) is 41.5 cm³/mol. The maximum atomic E-state index is 10.4. The van der Waals surface area contributed by atoms with E-state index in [0.29, 0.717) is 5.30 Å². The van der Waals surface area contributed by atoms with Gasteiger partial charge in [0.05, 0.1) is 0 Å². The number of benzene rings is 1. The van der Waals surface area contributed by atoms with Crippen LogP contribution in [0.1, 0.15) is 5.56 Å². The van der Waals surface area contributed by atoms with Crippen LogP contribution in [0.4, 0.5) is 0 Å². The van der Waals surface area contributed by atoms with Gasteiger partial charge in [-0.3, -0.25) is 0 Å². The molecule has 1 N–H and O–H groups in total. The SMILES string of the molecule is Cc1ccc(O)c([PH+]=O)c1. The summed E-state index contributed by atoms with van der Waals surface area (Å²) in [5, 5.41) is 9.54. The zero-order valence-corrected chi connectivity index (χ0v) is 6.59. The van der Waals surface area contributed by atoms with E-state index in [1.165, 1.54) is 0 Å². The minimum absolute atomic E-state index is 0.110. The van der Waals surface area contributed by atoms with Crippen molar-refractivity contribution < 1.29 is 9.67 Å². The Balaban J connectivity index is 3.21. The highest BCUT2D eigenvalue weighted by atomic mass is 31.1. The molecule has 0 aliphatic heterocycles. The zero-order valence-electron chi connectivity index (χ0n) is 5.59. The summed E-state index contributed by atoms with van der Waals surface area (Å²) >= 11 is 0. The number of hydrogen-bond acceptors (Lipinski definition) is 2. The Morgan fingerprint density at radius 3 is 2.70 bits per heavy atom. The van der Waals surface area contributed by atoms with Crippen molar-refractivity contribution in [2.24, 2.45) is 0 Å². The van der Waals surface area contributed by atoms with E-state index in [1.54, 1.807) is 18.2 Å². The maximum Gasteiger partial charge on any atom is 0.367 e. The van der Waals surface area contributed by atoms with E-state index in [-0.39, 0.29) is 5.75 Å². The molecule has 0 aliphatic rings. The van der Waals surface area contributed by atoms with E-state index in [1.807, 2.05) is 6.92 Å². The molecule has 1 aromatic carbocycles. The van der Waals surface area contributed by atoms with Crippen LogP contribution in [0.3, 0.4) is 0 Å². The Hall–Kier alpha value is -0.880. The van der Waals surface area contributed by atoms with Gasteiger partial charge in [0.15, 0.2) is 5.75 Å². The van der Waals surface area contributed by atoms with E-state index < -0.39 is 8.46 Å². The van der Waals surface area contributed by atoms with Gasteiger partial charge in [-0.1, -0.05) is 10.6 Å². The van der Waals surface area contributed by atoms with Gasteiger partial charge in [-0.15, -0.1) is 0 Å². The number of rotatable bonds is 1. The van der Waals surface area contributed by atoms with E-state index >= 15 is 0 Å². The first-order valence-corrected chi connectivity index (χ1v) is 3.82. The zero-order chi connectivity index (χ0) is 7.56. The molecule has 1 unspecified atom stereocenters. The maximum absolute atomic E-state index is 10.4. The van der Waals surface area contributed by atoms with E-state index in [2.05, 4.69) is 0 Å². The molecule has 3 heteroatoms. The molecule has 0 spiro atoms. The second-order valence-electron chi connectivity index (χ2n) is 2.12. The van der Waals surface area contributed by atoms with Gasteiger partial charge in [0.1, 0.15) is 0 Å². The fourth-order valence-electron chi connectivity index (χ4n) is 0.732. The van der Waals surface area contributed by atoms with E-state index in [0.717, 1.165) is 5.56 Å². The fraction of sp³-hybridized carbons (Fsp3) is 0.143. The molecule has 10 heavy (non-hydrogen) atoms. The highest BCUT2D eigenvalue weighted by Gasteiger charge is 2.06. The Labute approximate surface area is 60.7 Å². The monoisotopic (exact) mass is 155 g/mol. The van der Waals surface area contributed by atoms with Gasteiger partial charge < -0.3 is 5.11 Å². The second-order valence-corrected chi connectivity index (χ2v) is 2.87. The van der Waals surface area contributed by atoms with Crippen LogP contribution in [-0.4, -0.2) is 5.11 Å². The summed E-state index contributed by atoms with van der Waals surface area (Å²) < 4.78 is 10.4. The smallest absolute Gasteiger partial charge is 0.367 e. The van der Waals surface area contributed by atoms with Crippen LogP contribution in [0.15, 0.2) is 18.2 Å². The molecular formula is C7H8O2P+. The van der Waals surface area contributed by atoms with Gasteiger partial charge in [-0.2, -0.15) is 0 Å². The Bertz CT molecular complexity index is 258. The number of phenols is 1. The highest BCUT2D eigenvalue weighted by Crippen LogP contribution is 2.11. The van der Waals surface area contributed by atoms with Crippen LogP contribution >= 0.6 is 8.46 Å². The summed E-state index contributed by atoms with van der Waals surface area (Å²) in [5.41, 5.74) is 1.01. The summed E-state index contributed by atoms with van der Waals surface area (Å²) in [4.78, 5) is 0. The molecule has 0 saturated heterocycles. The molecule has 0 bridgehead atoms. The third-order valence-electron chi connectivity index (χ3n) is 1.26. The summed E-state index contributed by atoms with van der Waals surface area (Å²) in [6.45, 7) is 1.89. The summed E-state index contributed by atoms with van der Waals surface area (Å²) in [6, 6.07) is 5.04. The average Bonchev–Trinajstić information content (AvgIpc) is 1.94. The first kappa shape index (κ1) is 7.23. The molecule has 0 saturated carbocycles. The molecule has 52 valence electrons. The van der Waals surface area contributed by atoms with Crippen LogP contribution in [0.5, 0.6) is 5.75 Å². The quantitative estimate of drug-likeness (QED) is 0.621. The largest absolute Gasteiger partial charge is 0.504 e. The Morgan fingerprint density at radius 1 is 1.50 bits per heavy atom. The van der Waals surface area contributed by atoms with Gasteiger partial charge in [0.2, 0.25) is 5.30 Å². The van der Waals surface area contributed by atoms with Crippen molar-refractivity contribution in [2.75, 3.05) is 0 Å². The molecule has 1 aromatic rings. The van der Waals surface area contributed by atoms with Gasteiger partial charge in [-0.25, -0.2) is 0 Å². The molecular weight excluding hydrogens is 147 g/mol. The molecule has 0 amide bonds. The van der Waals surface area contributed by atoms with Crippen LogP contribution in [0.2, 0.25) is 0 Å². The standard InChI is InChI=1S/C7H7O2P/c1-5-2-3-6(8)7(4-5)10-9/h2-4,8H,1H3/p+1. The van der Waals surface area contributed by atoms with Gasteiger partial charge in [-0.05, 0) is 24.6 Å². The van der Waals surface area contributed by atoms with E-state index in [4.69, 9.17) is 5.11 Å². The third-order valence-corrected chi connectivity index (χ3v) is 1.88. The number of phenolic OH excluding ortho intramolecular Hbond substituents is 1. The lowest BCUT2D eigenvalue weighted by molar-refractivity contribution is 0.479. The van der Waals surface area contributed by atoms with Gasteiger partial charge in [0, 0.05) is 0 Å². The number of aryl methyl sites for hydroxylation is 1. The molecule has 0 radical (unpaired) electrons. The van der Waals surface area contributed by atoms with Crippen LogP contribution in [-0.2, 0) is 4.57 Å². The normalized spacial score (nSPS) is 10.1. The highest BCUT2D eigenvalue weighted by molar-refractivity contribution is 7.34. The summed E-state index contributed by atoms with van der Waals surface area (Å²) in [6.07, 6.45) is 0. The first-order chi connectivity index (χ1) is 4.74. The van der Waals surface area contributed by atoms with Crippen molar-refractivity contribution in [1.29, 1.82) is 0 Å². The van der Waals surface area contributed by atoms with Gasteiger partial charge in [0.25, 0.3) is 0 Å². The molecule has 0 fully saturated rings. The Kier molecular flexibility index (Phi) is 2.03. The Morgan fingerprint density at radius 2 is 2.20 bits per heavy atom. The van der Waals surface area contributed by atoms with Gasteiger partial charge >= 0.3 is 8.46 Å². The summed E-state index contributed by atoms with van der Waals surface area (Å²) in [7, 11) is -0.575. The molecule has 0 aromatic heterocycles. The molecule has 0 heterocycles. The average molecular weight is 155 g/mol. The lowest BCUT2D eigenvalue weighted by Gasteiger charge is -1.90. The molecule has 1 rings (SSSR count). The lowest BCUT2D eigenvalue weighted by Crippen LogP contribution is -1.92. The van der Waals surface area contributed by atoms with Crippen molar-refractivity contribution in [3.8, 4) is 5.75 Å². The third kappa shape index (κ3) is 1.34. The number of aromatic hydroxyl groups is 1. The predicted octanol–water partition coefficient (Wildman–Crippen LogP) is 1.35. The lowest BCUT2D eigenvalue weighted by atomic mass is 10.2. The minimum Gasteiger partial charge on any atom is -0.504 e. The van der Waals surface area contributed by atoms with Crippen molar-refractivity contribution in [3.63, 3.8) is 0 Å². The van der Waals surface area contributed by atoms with Crippen LogP contribution in [0.25, 0.3) is 0 Å². The van der Waals surface area contributed by atoms with E-state index in [9.17, 15) is 4.57 Å². The van der Waals surface area contributed by atoms with Crippen LogP contribution in [0, 0.1) is 6.92 Å². The topological polar surface area (TPSA) is 37.3 Å². The molecule has 1 atom stereocenters. The fourth-order valence-corrected chi connectivity index (χ4v) is 1.21. The second kappa shape index (κ2) is 2.80.